The molecule has 24 heavy (non-hydrogen) atoms. The number of halogens is 4. The van der Waals surface area contributed by atoms with Gasteiger partial charge in [0, 0.05) is 10.0 Å². The Labute approximate surface area is 155 Å². The van der Waals surface area contributed by atoms with Gasteiger partial charge in [-0.25, -0.2) is 4.39 Å². The van der Waals surface area contributed by atoms with Crippen molar-refractivity contribution in [2.24, 2.45) is 0 Å². The van der Waals surface area contributed by atoms with E-state index in [2.05, 4.69) is 21.2 Å². The van der Waals surface area contributed by atoms with E-state index in [-0.39, 0.29) is 11.4 Å². The molecule has 1 N–H and O–H groups in total. The molecule has 2 aromatic carbocycles. The van der Waals surface area contributed by atoms with Crippen LogP contribution in [0.1, 0.15) is 10.6 Å². The summed E-state index contributed by atoms with van der Waals surface area (Å²) in [6, 6.07) is 12.5. The first-order valence-electron chi connectivity index (χ1n) is 6.76. The van der Waals surface area contributed by atoms with Crippen molar-refractivity contribution >= 4 is 50.7 Å². The summed E-state index contributed by atoms with van der Waals surface area (Å²) >= 11 is 15.0. The van der Waals surface area contributed by atoms with Gasteiger partial charge in [0.25, 0.3) is 5.91 Å². The molecule has 0 radical (unpaired) electrons. The molecule has 0 unspecified atom stereocenters. The maximum absolute atomic E-state index is 13.8. The zero-order valence-electron chi connectivity index (χ0n) is 11.9. The highest BCUT2D eigenvalue weighted by atomic mass is 79.9. The van der Waals surface area contributed by atoms with E-state index >= 15 is 0 Å². The summed E-state index contributed by atoms with van der Waals surface area (Å²) in [4.78, 5) is 12.2. The molecule has 0 spiro atoms. The van der Waals surface area contributed by atoms with Crippen LogP contribution in [0.5, 0.6) is 0 Å². The van der Waals surface area contributed by atoms with Gasteiger partial charge in [0.1, 0.15) is 11.6 Å². The number of benzene rings is 2. The second kappa shape index (κ2) is 6.97. The van der Waals surface area contributed by atoms with Crippen LogP contribution in [-0.2, 0) is 0 Å². The van der Waals surface area contributed by atoms with E-state index in [0.717, 1.165) is 0 Å². The normalized spacial score (nSPS) is 10.7. The smallest absolute Gasteiger partial charge is 0.291 e. The Morgan fingerprint density at radius 3 is 2.54 bits per heavy atom. The molecule has 122 valence electrons. The summed E-state index contributed by atoms with van der Waals surface area (Å²) in [5.41, 5.74) is 0.744. The number of hydrogen-bond acceptors (Lipinski definition) is 2. The SMILES string of the molecule is O=C(Nc1ccc(Br)cc1F)c1ccc(-c2ccc(Cl)c(Cl)c2)o1. The molecule has 0 aliphatic carbocycles. The average molecular weight is 429 g/mol. The molecule has 0 aliphatic rings. The second-order valence-electron chi connectivity index (χ2n) is 4.87. The Hall–Kier alpha value is -1.82. The fraction of sp³-hybridized carbons (Fsp3) is 0. The van der Waals surface area contributed by atoms with E-state index in [1.165, 1.54) is 18.2 Å². The third kappa shape index (κ3) is 3.64. The van der Waals surface area contributed by atoms with E-state index in [1.54, 1.807) is 30.3 Å². The summed E-state index contributed by atoms with van der Waals surface area (Å²) in [7, 11) is 0. The lowest BCUT2D eigenvalue weighted by Crippen LogP contribution is -2.12. The Balaban J connectivity index is 1.82. The predicted molar refractivity (Wildman–Crippen MR) is 96.2 cm³/mol. The van der Waals surface area contributed by atoms with Crippen LogP contribution in [0.25, 0.3) is 11.3 Å². The maximum atomic E-state index is 13.8. The molecule has 0 aliphatic heterocycles. The maximum Gasteiger partial charge on any atom is 0.291 e. The summed E-state index contributed by atoms with van der Waals surface area (Å²) < 4.78 is 19.9. The first-order chi connectivity index (χ1) is 11.4. The molecular formula is C17H9BrCl2FNO2. The molecule has 1 aromatic heterocycles. The Bertz CT molecular complexity index is 927. The van der Waals surface area contributed by atoms with Crippen LogP contribution < -0.4 is 5.32 Å². The molecule has 0 fully saturated rings. The quantitative estimate of drug-likeness (QED) is 0.523. The average Bonchev–Trinajstić information content (AvgIpc) is 3.03. The zero-order chi connectivity index (χ0) is 17.3. The standard InChI is InChI=1S/C17H9BrCl2FNO2/c18-10-2-4-14(13(21)8-10)22-17(23)16-6-5-15(24-16)9-1-3-11(19)12(20)7-9/h1-8H,(H,22,23). The number of carbonyl (C=O) groups excluding carboxylic acids is 1. The van der Waals surface area contributed by atoms with E-state index < -0.39 is 11.7 Å². The molecular weight excluding hydrogens is 420 g/mol. The van der Waals surface area contributed by atoms with Crippen LogP contribution in [0.15, 0.2) is 57.4 Å². The third-order valence-corrected chi connectivity index (χ3v) is 4.45. The number of anilines is 1. The van der Waals surface area contributed by atoms with Gasteiger partial charge in [-0.1, -0.05) is 39.1 Å². The van der Waals surface area contributed by atoms with Crippen molar-refractivity contribution in [3.63, 3.8) is 0 Å². The van der Waals surface area contributed by atoms with E-state index in [0.29, 0.717) is 25.8 Å². The van der Waals surface area contributed by atoms with Gasteiger partial charge < -0.3 is 9.73 Å². The summed E-state index contributed by atoms with van der Waals surface area (Å²) in [5, 5.41) is 3.27. The highest BCUT2D eigenvalue weighted by Crippen LogP contribution is 2.30. The molecule has 0 saturated heterocycles. The highest BCUT2D eigenvalue weighted by Gasteiger charge is 2.15. The molecule has 0 atom stereocenters. The van der Waals surface area contributed by atoms with Gasteiger partial charge in [0.05, 0.1) is 15.7 Å². The van der Waals surface area contributed by atoms with Gasteiger partial charge >= 0.3 is 0 Å². The molecule has 0 saturated carbocycles. The van der Waals surface area contributed by atoms with Gasteiger partial charge in [-0.05, 0) is 48.5 Å². The van der Waals surface area contributed by atoms with E-state index in [1.807, 2.05) is 0 Å². The molecule has 3 nitrogen and oxygen atoms in total. The summed E-state index contributed by atoms with van der Waals surface area (Å²) in [6.07, 6.45) is 0. The number of hydrogen-bond donors (Lipinski definition) is 1. The first-order valence-corrected chi connectivity index (χ1v) is 8.30. The Morgan fingerprint density at radius 2 is 1.83 bits per heavy atom. The van der Waals surface area contributed by atoms with Crippen molar-refractivity contribution in [3.05, 3.63) is 74.6 Å². The molecule has 1 amide bonds. The van der Waals surface area contributed by atoms with Gasteiger partial charge in [0.15, 0.2) is 5.76 Å². The number of nitrogens with one attached hydrogen (secondary N) is 1. The van der Waals surface area contributed by atoms with Crippen LogP contribution in [0.4, 0.5) is 10.1 Å². The highest BCUT2D eigenvalue weighted by molar-refractivity contribution is 9.10. The number of amides is 1. The third-order valence-electron chi connectivity index (χ3n) is 3.21. The number of furan rings is 1. The van der Waals surface area contributed by atoms with Crippen molar-refractivity contribution in [1.29, 1.82) is 0 Å². The van der Waals surface area contributed by atoms with Crippen molar-refractivity contribution < 1.29 is 13.6 Å². The lowest BCUT2D eigenvalue weighted by Gasteiger charge is -2.05. The number of rotatable bonds is 3. The van der Waals surface area contributed by atoms with Gasteiger partial charge in [-0.2, -0.15) is 0 Å². The fourth-order valence-electron chi connectivity index (χ4n) is 2.04. The van der Waals surface area contributed by atoms with Gasteiger partial charge in [-0.15, -0.1) is 0 Å². The van der Waals surface area contributed by atoms with Crippen molar-refractivity contribution in [2.45, 2.75) is 0 Å². The molecule has 3 aromatic rings. The second-order valence-corrected chi connectivity index (χ2v) is 6.60. The largest absolute Gasteiger partial charge is 0.451 e. The summed E-state index contributed by atoms with van der Waals surface area (Å²) in [5.74, 6) is -0.593. The molecule has 3 rings (SSSR count). The zero-order valence-corrected chi connectivity index (χ0v) is 15.0. The lowest BCUT2D eigenvalue weighted by atomic mass is 10.2. The van der Waals surface area contributed by atoms with Crippen LogP contribution in [0.2, 0.25) is 10.0 Å². The van der Waals surface area contributed by atoms with Crippen molar-refractivity contribution in [2.75, 3.05) is 5.32 Å². The fourth-order valence-corrected chi connectivity index (χ4v) is 2.67. The number of carbonyl (C=O) groups is 1. The van der Waals surface area contributed by atoms with Crippen molar-refractivity contribution in [3.8, 4) is 11.3 Å². The minimum atomic E-state index is -0.553. The minimum Gasteiger partial charge on any atom is -0.451 e. The van der Waals surface area contributed by atoms with Crippen molar-refractivity contribution in [1.82, 2.24) is 0 Å². The first kappa shape index (κ1) is 17.0. The lowest BCUT2D eigenvalue weighted by molar-refractivity contribution is 0.0997. The minimum absolute atomic E-state index is 0.0541. The molecule has 7 heteroatoms. The Morgan fingerprint density at radius 1 is 1.04 bits per heavy atom. The van der Waals surface area contributed by atoms with Crippen LogP contribution in [-0.4, -0.2) is 5.91 Å². The van der Waals surface area contributed by atoms with E-state index in [4.69, 9.17) is 27.6 Å². The monoisotopic (exact) mass is 427 g/mol. The Kier molecular flexibility index (Phi) is 4.94. The van der Waals surface area contributed by atoms with Crippen LogP contribution >= 0.6 is 39.1 Å². The van der Waals surface area contributed by atoms with Crippen LogP contribution in [0.3, 0.4) is 0 Å². The van der Waals surface area contributed by atoms with Crippen LogP contribution in [0, 0.1) is 5.82 Å². The van der Waals surface area contributed by atoms with Gasteiger partial charge in [-0.3, -0.25) is 4.79 Å². The summed E-state index contributed by atoms with van der Waals surface area (Å²) in [6.45, 7) is 0. The topological polar surface area (TPSA) is 42.2 Å². The molecule has 0 bridgehead atoms. The predicted octanol–water partition coefficient (Wildman–Crippen LogP) is 6.41. The van der Waals surface area contributed by atoms with Gasteiger partial charge in [0.2, 0.25) is 0 Å². The molecule has 1 heterocycles. The van der Waals surface area contributed by atoms with E-state index in [9.17, 15) is 9.18 Å².